The number of aromatic nitrogens is 1. The van der Waals surface area contributed by atoms with E-state index in [2.05, 4.69) is 4.98 Å². The van der Waals surface area contributed by atoms with Crippen LogP contribution in [0, 0.1) is 5.82 Å². The molecule has 0 saturated carbocycles. The van der Waals surface area contributed by atoms with Crippen LogP contribution >= 0.6 is 0 Å². The topological polar surface area (TPSA) is 33.1 Å². The number of hydrogen-bond donors (Lipinski definition) is 1. The van der Waals surface area contributed by atoms with Crippen molar-refractivity contribution in [2.45, 2.75) is 19.4 Å². The van der Waals surface area contributed by atoms with Gasteiger partial charge in [-0.25, -0.2) is 4.39 Å². The number of hydrogen-bond acceptors (Lipinski definition) is 2. The van der Waals surface area contributed by atoms with Crippen molar-refractivity contribution < 1.29 is 9.50 Å². The summed E-state index contributed by atoms with van der Waals surface area (Å²) >= 11 is 0. The summed E-state index contributed by atoms with van der Waals surface area (Å²) in [4.78, 5) is 3.60. The maximum atomic E-state index is 12.8. The van der Waals surface area contributed by atoms with Crippen LogP contribution in [0.15, 0.2) is 18.5 Å². The molecule has 0 aromatic carbocycles. The summed E-state index contributed by atoms with van der Waals surface area (Å²) in [6.07, 6.45) is 2.50. The third-order valence-corrected chi connectivity index (χ3v) is 1.37. The Morgan fingerprint density at radius 1 is 1.73 bits per heavy atom. The average molecular weight is 155 g/mol. The molecule has 1 heterocycles. The molecule has 11 heavy (non-hydrogen) atoms. The van der Waals surface area contributed by atoms with Gasteiger partial charge in [0.05, 0.1) is 12.3 Å². The van der Waals surface area contributed by atoms with E-state index in [1.165, 1.54) is 6.20 Å². The van der Waals surface area contributed by atoms with E-state index < -0.39 is 6.10 Å². The predicted molar refractivity (Wildman–Crippen MR) is 39.6 cm³/mol. The van der Waals surface area contributed by atoms with Gasteiger partial charge in [0.1, 0.15) is 5.82 Å². The molecule has 0 saturated heterocycles. The van der Waals surface area contributed by atoms with Crippen molar-refractivity contribution in [1.29, 1.82) is 0 Å². The Labute approximate surface area is 64.7 Å². The monoisotopic (exact) mass is 155 g/mol. The summed E-state index contributed by atoms with van der Waals surface area (Å²) in [5.74, 6) is -0.353. The second kappa shape index (κ2) is 3.44. The van der Waals surface area contributed by atoms with Gasteiger partial charge in [-0.15, -0.1) is 0 Å². The van der Waals surface area contributed by atoms with E-state index in [1.54, 1.807) is 13.0 Å². The first-order valence-corrected chi connectivity index (χ1v) is 3.46. The van der Waals surface area contributed by atoms with Crippen molar-refractivity contribution >= 4 is 0 Å². The quantitative estimate of drug-likeness (QED) is 0.694. The number of pyridine rings is 1. The molecule has 0 radical (unpaired) electrons. The van der Waals surface area contributed by atoms with Crippen LogP contribution in [-0.2, 0) is 6.42 Å². The molecule has 1 rings (SSSR count). The van der Waals surface area contributed by atoms with Crippen LogP contribution in [0.25, 0.3) is 0 Å². The Balaban J connectivity index is 2.78. The molecule has 0 unspecified atom stereocenters. The van der Waals surface area contributed by atoms with Gasteiger partial charge in [0.2, 0.25) is 0 Å². The second-order valence-corrected chi connectivity index (χ2v) is 2.52. The van der Waals surface area contributed by atoms with Gasteiger partial charge in [0, 0.05) is 12.6 Å². The molecule has 60 valence electrons. The van der Waals surface area contributed by atoms with Crippen LogP contribution in [0.4, 0.5) is 4.39 Å². The van der Waals surface area contributed by atoms with Crippen molar-refractivity contribution in [3.05, 3.63) is 29.8 Å². The Morgan fingerprint density at radius 3 is 3.00 bits per heavy atom. The number of aliphatic hydroxyl groups excluding tert-OH is 1. The third kappa shape index (κ3) is 2.27. The largest absolute Gasteiger partial charge is 0.393 e. The lowest BCUT2D eigenvalue weighted by atomic mass is 10.1. The Morgan fingerprint density at radius 2 is 2.45 bits per heavy atom. The second-order valence-electron chi connectivity index (χ2n) is 2.52. The molecule has 1 aromatic heterocycles. The molecule has 1 N–H and O–H groups in total. The summed E-state index contributed by atoms with van der Waals surface area (Å²) in [5, 5.41) is 8.94. The summed E-state index contributed by atoms with van der Waals surface area (Å²) in [5.41, 5.74) is 0.509. The molecular formula is C8H10FNO. The number of halogens is 1. The van der Waals surface area contributed by atoms with Gasteiger partial charge in [0.25, 0.3) is 0 Å². The van der Waals surface area contributed by atoms with Gasteiger partial charge < -0.3 is 5.11 Å². The molecule has 0 spiro atoms. The normalized spacial score (nSPS) is 13.0. The highest BCUT2D eigenvalue weighted by atomic mass is 19.1. The summed E-state index contributed by atoms with van der Waals surface area (Å²) in [6.45, 7) is 1.62. The predicted octanol–water partition coefficient (Wildman–Crippen LogP) is 1.14. The summed E-state index contributed by atoms with van der Waals surface area (Å²) < 4.78 is 12.8. The van der Waals surface area contributed by atoms with Crippen LogP contribution < -0.4 is 0 Å². The van der Waals surface area contributed by atoms with Crippen molar-refractivity contribution in [2.75, 3.05) is 0 Å². The zero-order valence-electron chi connectivity index (χ0n) is 6.29. The van der Waals surface area contributed by atoms with Gasteiger partial charge in [-0.1, -0.05) is 0 Å². The van der Waals surface area contributed by atoms with Crippen LogP contribution in [0.3, 0.4) is 0 Å². The summed E-state index contributed by atoms with van der Waals surface area (Å²) in [7, 11) is 0. The van der Waals surface area contributed by atoms with Crippen LogP contribution in [0.5, 0.6) is 0 Å². The van der Waals surface area contributed by atoms with E-state index in [0.717, 1.165) is 6.20 Å². The smallest absolute Gasteiger partial charge is 0.144 e. The molecule has 1 atom stereocenters. The summed E-state index contributed by atoms with van der Waals surface area (Å²) in [6, 6.07) is 1.57. The first-order chi connectivity index (χ1) is 5.20. The number of nitrogens with zero attached hydrogens (tertiary/aromatic N) is 1. The highest BCUT2D eigenvalue weighted by molar-refractivity contribution is 5.13. The van der Waals surface area contributed by atoms with E-state index in [1.807, 2.05) is 0 Å². The highest BCUT2D eigenvalue weighted by Crippen LogP contribution is 2.06. The van der Waals surface area contributed by atoms with Crippen LogP contribution in [0.2, 0.25) is 0 Å². The Hall–Kier alpha value is -0.960. The van der Waals surface area contributed by atoms with Gasteiger partial charge in [0.15, 0.2) is 0 Å². The van der Waals surface area contributed by atoms with E-state index in [4.69, 9.17) is 5.11 Å². The molecule has 3 heteroatoms. The fourth-order valence-corrected chi connectivity index (χ4v) is 0.888. The van der Waals surface area contributed by atoms with Crippen LogP contribution in [0.1, 0.15) is 12.5 Å². The molecule has 2 nitrogen and oxygen atoms in total. The molecule has 0 fully saturated rings. The Bertz CT molecular complexity index is 237. The molecule has 0 bridgehead atoms. The minimum Gasteiger partial charge on any atom is -0.393 e. The zero-order chi connectivity index (χ0) is 8.27. The SMILES string of the molecule is C[C@@H](O)Cc1ccncc1F. The van der Waals surface area contributed by atoms with Crippen molar-refractivity contribution in [1.82, 2.24) is 4.98 Å². The number of rotatable bonds is 2. The maximum absolute atomic E-state index is 12.8. The third-order valence-electron chi connectivity index (χ3n) is 1.37. The molecule has 0 aliphatic rings. The molecule has 0 aliphatic carbocycles. The van der Waals surface area contributed by atoms with Crippen molar-refractivity contribution in [3.63, 3.8) is 0 Å². The Kier molecular flexibility index (Phi) is 2.54. The number of aliphatic hydroxyl groups is 1. The van der Waals surface area contributed by atoms with E-state index in [-0.39, 0.29) is 5.82 Å². The first kappa shape index (κ1) is 8.14. The highest BCUT2D eigenvalue weighted by Gasteiger charge is 2.03. The fourth-order valence-electron chi connectivity index (χ4n) is 0.888. The van der Waals surface area contributed by atoms with Gasteiger partial charge >= 0.3 is 0 Å². The zero-order valence-corrected chi connectivity index (χ0v) is 6.29. The van der Waals surface area contributed by atoms with Gasteiger partial charge in [-0.2, -0.15) is 0 Å². The van der Waals surface area contributed by atoms with E-state index in [0.29, 0.717) is 12.0 Å². The minimum absolute atomic E-state index is 0.342. The molecule has 0 amide bonds. The lowest BCUT2D eigenvalue weighted by Gasteiger charge is -2.03. The maximum Gasteiger partial charge on any atom is 0.144 e. The minimum atomic E-state index is -0.508. The average Bonchev–Trinajstić information content (AvgIpc) is 1.93. The van der Waals surface area contributed by atoms with Crippen LogP contribution in [-0.4, -0.2) is 16.2 Å². The lowest BCUT2D eigenvalue weighted by Crippen LogP contribution is -2.05. The van der Waals surface area contributed by atoms with Gasteiger partial charge in [-0.3, -0.25) is 4.98 Å². The first-order valence-electron chi connectivity index (χ1n) is 3.46. The molecule has 0 aliphatic heterocycles. The van der Waals surface area contributed by atoms with E-state index >= 15 is 0 Å². The lowest BCUT2D eigenvalue weighted by molar-refractivity contribution is 0.194. The van der Waals surface area contributed by atoms with Crippen molar-refractivity contribution in [2.24, 2.45) is 0 Å². The molecule has 1 aromatic rings. The van der Waals surface area contributed by atoms with Gasteiger partial charge in [-0.05, 0) is 18.6 Å². The fraction of sp³-hybridized carbons (Fsp3) is 0.375. The van der Waals surface area contributed by atoms with E-state index in [9.17, 15) is 4.39 Å². The van der Waals surface area contributed by atoms with Crippen molar-refractivity contribution in [3.8, 4) is 0 Å². The standard InChI is InChI=1S/C8H10FNO/c1-6(11)4-7-2-3-10-5-8(7)9/h2-3,5-6,11H,4H2,1H3/t6-/m1/s1. The molecular weight excluding hydrogens is 145 g/mol.